The van der Waals surface area contributed by atoms with Crippen molar-refractivity contribution in [3.8, 4) is 5.69 Å². The van der Waals surface area contributed by atoms with Crippen LogP contribution in [-0.2, 0) is 35.7 Å². The molecule has 0 atom stereocenters. The van der Waals surface area contributed by atoms with E-state index in [-0.39, 0.29) is 42.0 Å². The molecular formula is C19H20FN5O5S. The van der Waals surface area contributed by atoms with E-state index in [1.807, 2.05) is 0 Å². The number of fused-ring (bicyclic) bond motifs is 1. The predicted molar refractivity (Wildman–Crippen MR) is 107 cm³/mol. The summed E-state index contributed by atoms with van der Waals surface area (Å²) in [6.45, 7) is 0.424. The van der Waals surface area contributed by atoms with Gasteiger partial charge in [0.05, 0.1) is 22.9 Å². The number of rotatable bonds is 3. The van der Waals surface area contributed by atoms with Crippen LogP contribution in [0.3, 0.4) is 0 Å². The van der Waals surface area contributed by atoms with Crippen molar-refractivity contribution in [3.63, 3.8) is 0 Å². The van der Waals surface area contributed by atoms with Crippen LogP contribution in [0.25, 0.3) is 5.69 Å². The molecule has 0 saturated carbocycles. The second-order valence-electron chi connectivity index (χ2n) is 7.62. The van der Waals surface area contributed by atoms with Gasteiger partial charge in [-0.05, 0) is 37.1 Å². The summed E-state index contributed by atoms with van der Waals surface area (Å²) < 4.78 is 38.6. The zero-order valence-corrected chi connectivity index (χ0v) is 17.2. The molecule has 3 amide bonds. The molecule has 0 bridgehead atoms. The number of hydrogen-bond acceptors (Lipinski definition) is 6. The minimum Gasteiger partial charge on any atom is -0.369 e. The number of halogens is 1. The second kappa shape index (κ2) is 7.76. The number of hydrogen-bond donors (Lipinski definition) is 2. The van der Waals surface area contributed by atoms with Crippen LogP contribution in [0.1, 0.15) is 24.1 Å². The first-order valence-electron chi connectivity index (χ1n) is 9.61. The number of carbonyl (C=O) groups excluding carboxylic acids is 3. The van der Waals surface area contributed by atoms with Crippen molar-refractivity contribution in [1.82, 2.24) is 14.7 Å². The summed E-state index contributed by atoms with van der Waals surface area (Å²) in [5.74, 6) is -3.53. The quantitative estimate of drug-likeness (QED) is 0.636. The van der Waals surface area contributed by atoms with Crippen LogP contribution < -0.4 is 11.1 Å². The highest BCUT2D eigenvalue weighted by Crippen LogP contribution is 2.33. The summed E-state index contributed by atoms with van der Waals surface area (Å²) in [7, 11) is -3.41. The standard InChI is InChI=1S/C19H20FN5O5S/c20-12-1-3-13(4-2-12)25-17(14-9-31(29,30)10-15(14)23-25)22-18(27)19(28)24-7-5-11(6-8-24)16(21)26/h1-4,11H,5-10H2,(H2,21,26)(H,22,27). The molecule has 0 unspecified atom stereocenters. The fourth-order valence-electron chi connectivity index (χ4n) is 3.81. The fraction of sp³-hybridized carbons (Fsp3) is 0.368. The van der Waals surface area contributed by atoms with Crippen LogP contribution in [0.15, 0.2) is 24.3 Å². The largest absolute Gasteiger partial charge is 0.369 e. The number of nitrogens with one attached hydrogen (secondary N) is 1. The molecule has 1 saturated heterocycles. The summed E-state index contributed by atoms with van der Waals surface area (Å²) >= 11 is 0. The number of aromatic nitrogens is 2. The van der Waals surface area contributed by atoms with Crippen molar-refractivity contribution in [2.24, 2.45) is 11.7 Å². The van der Waals surface area contributed by atoms with Crippen LogP contribution in [0.4, 0.5) is 10.2 Å². The Morgan fingerprint density at radius 3 is 2.35 bits per heavy atom. The summed E-state index contributed by atoms with van der Waals surface area (Å²) in [5.41, 5.74) is 6.27. The monoisotopic (exact) mass is 449 g/mol. The first kappa shape index (κ1) is 21.0. The van der Waals surface area contributed by atoms with Crippen molar-refractivity contribution in [1.29, 1.82) is 0 Å². The van der Waals surface area contributed by atoms with Gasteiger partial charge in [-0.25, -0.2) is 17.5 Å². The van der Waals surface area contributed by atoms with Gasteiger partial charge in [0.25, 0.3) is 0 Å². The topological polar surface area (TPSA) is 144 Å². The lowest BCUT2D eigenvalue weighted by Crippen LogP contribution is -2.46. The Hall–Kier alpha value is -3.28. The SMILES string of the molecule is NC(=O)C1CCN(C(=O)C(=O)Nc2c3c(nn2-c2ccc(F)cc2)CS(=O)(=O)C3)CC1. The predicted octanol–water partition coefficient (Wildman–Crippen LogP) is 0.102. The van der Waals surface area contributed by atoms with E-state index in [2.05, 4.69) is 10.4 Å². The maximum absolute atomic E-state index is 13.3. The number of likely N-dealkylation sites (tertiary alicyclic amines) is 1. The Kier molecular flexibility index (Phi) is 5.25. The Bertz CT molecular complexity index is 1170. The average molecular weight is 449 g/mol. The maximum Gasteiger partial charge on any atom is 0.315 e. The number of nitrogens with zero attached hydrogens (tertiary/aromatic N) is 3. The molecule has 0 radical (unpaired) electrons. The van der Waals surface area contributed by atoms with Gasteiger partial charge in [-0.2, -0.15) is 5.10 Å². The lowest BCUT2D eigenvalue weighted by Gasteiger charge is -2.30. The first-order chi connectivity index (χ1) is 14.6. The number of piperidine rings is 1. The molecule has 1 aromatic heterocycles. The van der Waals surface area contributed by atoms with Crippen molar-refractivity contribution < 1.29 is 27.2 Å². The van der Waals surface area contributed by atoms with Crippen molar-refractivity contribution in [2.75, 3.05) is 18.4 Å². The van der Waals surface area contributed by atoms with Crippen LogP contribution in [0, 0.1) is 11.7 Å². The van der Waals surface area contributed by atoms with Crippen molar-refractivity contribution in [3.05, 3.63) is 41.3 Å². The van der Waals surface area contributed by atoms with Crippen LogP contribution >= 0.6 is 0 Å². The molecule has 3 N–H and O–H groups in total. The van der Waals surface area contributed by atoms with Crippen molar-refractivity contribution in [2.45, 2.75) is 24.3 Å². The summed E-state index contributed by atoms with van der Waals surface area (Å²) in [6, 6.07) is 5.27. The van der Waals surface area contributed by atoms with Gasteiger partial charge in [0.15, 0.2) is 9.84 Å². The van der Waals surface area contributed by atoms with E-state index in [9.17, 15) is 27.2 Å². The number of anilines is 1. The zero-order valence-electron chi connectivity index (χ0n) is 16.4. The molecule has 1 aromatic carbocycles. The minimum atomic E-state index is -3.41. The number of sulfone groups is 1. The highest BCUT2D eigenvalue weighted by Gasteiger charge is 2.35. The number of benzene rings is 1. The second-order valence-corrected chi connectivity index (χ2v) is 9.68. The van der Waals surface area contributed by atoms with Gasteiger partial charge in [0.1, 0.15) is 11.6 Å². The molecule has 3 heterocycles. The molecule has 0 aliphatic carbocycles. The Morgan fingerprint density at radius 1 is 1.10 bits per heavy atom. The van der Waals surface area contributed by atoms with Crippen LogP contribution in [0.5, 0.6) is 0 Å². The third-order valence-corrected chi connectivity index (χ3v) is 6.91. The molecule has 31 heavy (non-hydrogen) atoms. The molecule has 2 aliphatic rings. The summed E-state index contributed by atoms with van der Waals surface area (Å²) in [5, 5.41) is 6.76. The molecule has 2 aromatic rings. The van der Waals surface area contributed by atoms with Gasteiger partial charge in [-0.1, -0.05) is 0 Å². The first-order valence-corrected chi connectivity index (χ1v) is 11.4. The van der Waals surface area contributed by atoms with Crippen LogP contribution in [0.2, 0.25) is 0 Å². The van der Waals surface area contributed by atoms with Gasteiger partial charge < -0.3 is 16.0 Å². The van der Waals surface area contributed by atoms with E-state index >= 15 is 0 Å². The highest BCUT2D eigenvalue weighted by molar-refractivity contribution is 7.90. The molecule has 10 nitrogen and oxygen atoms in total. The third-order valence-electron chi connectivity index (χ3n) is 5.47. The highest BCUT2D eigenvalue weighted by atomic mass is 32.2. The van der Waals surface area contributed by atoms with Gasteiger partial charge in [-0.15, -0.1) is 0 Å². The van der Waals surface area contributed by atoms with E-state index in [1.165, 1.54) is 33.8 Å². The minimum absolute atomic E-state index is 0.0630. The lowest BCUT2D eigenvalue weighted by molar-refractivity contribution is -0.144. The summed E-state index contributed by atoms with van der Waals surface area (Å²) in [4.78, 5) is 37.9. The molecule has 12 heteroatoms. The van der Waals surface area contributed by atoms with Crippen LogP contribution in [-0.4, -0.2) is 53.9 Å². The average Bonchev–Trinajstić information content (AvgIpc) is 3.20. The normalized spacial score (nSPS) is 17.9. The number of carbonyl (C=O) groups is 3. The van der Waals surface area contributed by atoms with E-state index in [0.29, 0.717) is 24.1 Å². The van der Waals surface area contributed by atoms with Gasteiger partial charge in [0.2, 0.25) is 5.91 Å². The van der Waals surface area contributed by atoms with Gasteiger partial charge >= 0.3 is 11.8 Å². The number of primary amides is 1. The van der Waals surface area contributed by atoms with Crippen molar-refractivity contribution >= 4 is 33.4 Å². The molecule has 4 rings (SSSR count). The van der Waals surface area contributed by atoms with Gasteiger partial charge in [0, 0.05) is 24.6 Å². The Morgan fingerprint density at radius 2 is 1.74 bits per heavy atom. The number of nitrogens with two attached hydrogens (primary N) is 1. The lowest BCUT2D eigenvalue weighted by atomic mass is 9.96. The summed E-state index contributed by atoms with van der Waals surface area (Å²) in [6.07, 6.45) is 0.741. The fourth-order valence-corrected chi connectivity index (χ4v) is 5.31. The maximum atomic E-state index is 13.3. The molecular weight excluding hydrogens is 429 g/mol. The molecule has 0 spiro atoms. The zero-order chi connectivity index (χ0) is 22.3. The molecule has 164 valence electrons. The Balaban J connectivity index is 1.59. The van der Waals surface area contributed by atoms with E-state index < -0.39 is 33.4 Å². The molecule has 1 fully saturated rings. The molecule has 2 aliphatic heterocycles. The van der Waals surface area contributed by atoms with E-state index in [0.717, 1.165) is 0 Å². The number of amides is 3. The van der Waals surface area contributed by atoms with Gasteiger partial charge in [-0.3, -0.25) is 14.4 Å². The van der Waals surface area contributed by atoms with E-state index in [1.54, 1.807) is 0 Å². The van der Waals surface area contributed by atoms with E-state index in [4.69, 9.17) is 5.73 Å². The Labute approximate surface area is 177 Å². The third kappa shape index (κ3) is 4.15. The smallest absolute Gasteiger partial charge is 0.315 e.